The van der Waals surface area contributed by atoms with Crippen LogP contribution in [-0.2, 0) is 9.53 Å². The minimum absolute atomic E-state index is 0.149. The fourth-order valence-electron chi connectivity index (χ4n) is 3.62. The molecule has 1 aliphatic heterocycles. The molecular formula is C21H18N2O7. The summed E-state index contributed by atoms with van der Waals surface area (Å²) in [5.41, 5.74) is 1.93. The van der Waals surface area contributed by atoms with Crippen LogP contribution in [0.5, 0.6) is 0 Å². The standard InChI is InChI=1S/C21H18N2O7/c1-11-7-12(2)18(13(3)8-11)16(24)10-30-17(25)9-22-20(26)14-5-4-6-15(23(28)29)19(14)21(22)27/h4-8H,9-10H2,1-3H3. The molecule has 0 N–H and O–H groups in total. The number of aryl methyl sites for hydroxylation is 3. The lowest BCUT2D eigenvalue weighted by atomic mass is 9.97. The topological polar surface area (TPSA) is 124 Å². The van der Waals surface area contributed by atoms with Crippen molar-refractivity contribution in [2.75, 3.05) is 13.2 Å². The SMILES string of the molecule is Cc1cc(C)c(C(=O)COC(=O)CN2C(=O)c3cccc([N+](=O)[O-])c3C2=O)c(C)c1. The molecule has 2 aromatic rings. The van der Waals surface area contributed by atoms with Crippen molar-refractivity contribution in [3.63, 3.8) is 0 Å². The zero-order chi connectivity index (χ0) is 22.2. The Morgan fingerprint density at radius 1 is 1.07 bits per heavy atom. The van der Waals surface area contributed by atoms with Crippen LogP contribution in [0.15, 0.2) is 30.3 Å². The number of fused-ring (bicyclic) bond motifs is 1. The molecule has 9 heteroatoms. The van der Waals surface area contributed by atoms with E-state index in [1.165, 1.54) is 12.1 Å². The van der Waals surface area contributed by atoms with Gasteiger partial charge in [-0.1, -0.05) is 23.8 Å². The summed E-state index contributed by atoms with van der Waals surface area (Å²) < 4.78 is 4.97. The summed E-state index contributed by atoms with van der Waals surface area (Å²) in [5.74, 6) is -3.15. The molecular weight excluding hydrogens is 392 g/mol. The first-order chi connectivity index (χ1) is 14.1. The summed E-state index contributed by atoms with van der Waals surface area (Å²) in [7, 11) is 0. The van der Waals surface area contributed by atoms with Gasteiger partial charge < -0.3 is 4.74 Å². The molecule has 0 unspecified atom stereocenters. The number of nitro benzene ring substituents is 1. The Bertz CT molecular complexity index is 1100. The van der Waals surface area contributed by atoms with Crippen molar-refractivity contribution in [2.24, 2.45) is 0 Å². The van der Waals surface area contributed by atoms with E-state index < -0.39 is 47.3 Å². The van der Waals surface area contributed by atoms with Gasteiger partial charge >= 0.3 is 5.97 Å². The molecule has 154 valence electrons. The van der Waals surface area contributed by atoms with E-state index >= 15 is 0 Å². The largest absolute Gasteiger partial charge is 0.456 e. The number of benzene rings is 2. The third-order valence-corrected chi connectivity index (χ3v) is 4.78. The summed E-state index contributed by atoms with van der Waals surface area (Å²) in [6.07, 6.45) is 0. The van der Waals surface area contributed by atoms with E-state index in [2.05, 4.69) is 0 Å². The third kappa shape index (κ3) is 3.69. The monoisotopic (exact) mass is 410 g/mol. The number of nitro groups is 1. The van der Waals surface area contributed by atoms with Crippen molar-refractivity contribution in [3.8, 4) is 0 Å². The first-order valence-electron chi connectivity index (χ1n) is 9.02. The average Bonchev–Trinajstić information content (AvgIpc) is 2.90. The molecule has 1 heterocycles. The van der Waals surface area contributed by atoms with Gasteiger partial charge in [-0.25, -0.2) is 0 Å². The first kappa shape index (κ1) is 20.8. The van der Waals surface area contributed by atoms with Crippen LogP contribution in [-0.4, -0.2) is 46.5 Å². The second-order valence-electron chi connectivity index (χ2n) is 7.01. The van der Waals surface area contributed by atoms with Gasteiger partial charge in [0.25, 0.3) is 17.5 Å². The Morgan fingerprint density at radius 3 is 2.30 bits per heavy atom. The van der Waals surface area contributed by atoms with Gasteiger partial charge in [-0.2, -0.15) is 0 Å². The first-order valence-corrected chi connectivity index (χ1v) is 9.02. The van der Waals surface area contributed by atoms with Gasteiger partial charge in [-0.15, -0.1) is 0 Å². The Balaban J connectivity index is 1.70. The van der Waals surface area contributed by atoms with Crippen molar-refractivity contribution in [2.45, 2.75) is 20.8 Å². The highest BCUT2D eigenvalue weighted by Crippen LogP contribution is 2.30. The van der Waals surface area contributed by atoms with E-state index in [0.29, 0.717) is 10.5 Å². The number of carbonyl (C=O) groups is 4. The van der Waals surface area contributed by atoms with Crippen molar-refractivity contribution in [1.29, 1.82) is 0 Å². The Hall–Kier alpha value is -3.88. The van der Waals surface area contributed by atoms with Gasteiger partial charge in [0.1, 0.15) is 12.1 Å². The molecule has 2 amide bonds. The normalized spacial score (nSPS) is 12.7. The lowest BCUT2D eigenvalue weighted by Gasteiger charge is -2.14. The summed E-state index contributed by atoms with van der Waals surface area (Å²) in [6.45, 7) is 4.16. The number of hydrogen-bond donors (Lipinski definition) is 0. The lowest BCUT2D eigenvalue weighted by molar-refractivity contribution is -0.385. The van der Waals surface area contributed by atoms with Gasteiger partial charge in [-0.05, 0) is 38.0 Å². The van der Waals surface area contributed by atoms with Crippen molar-refractivity contribution in [3.05, 3.63) is 73.8 Å². The number of amides is 2. The van der Waals surface area contributed by atoms with E-state index in [9.17, 15) is 29.3 Å². The number of esters is 1. The molecule has 0 atom stereocenters. The molecule has 0 saturated carbocycles. The van der Waals surface area contributed by atoms with Crippen LogP contribution in [0.25, 0.3) is 0 Å². The molecule has 30 heavy (non-hydrogen) atoms. The Morgan fingerprint density at radius 2 is 1.70 bits per heavy atom. The van der Waals surface area contributed by atoms with E-state index in [0.717, 1.165) is 22.8 Å². The summed E-state index contributed by atoms with van der Waals surface area (Å²) in [4.78, 5) is 60.4. The third-order valence-electron chi connectivity index (χ3n) is 4.78. The van der Waals surface area contributed by atoms with Crippen LogP contribution in [0.1, 0.15) is 47.8 Å². The number of nitrogens with zero attached hydrogens (tertiary/aromatic N) is 2. The molecule has 0 aromatic heterocycles. The minimum Gasteiger partial charge on any atom is -0.456 e. The minimum atomic E-state index is -0.970. The molecule has 3 rings (SSSR count). The zero-order valence-electron chi connectivity index (χ0n) is 16.6. The van der Waals surface area contributed by atoms with Crippen LogP contribution in [0.4, 0.5) is 5.69 Å². The van der Waals surface area contributed by atoms with E-state index in [-0.39, 0.29) is 11.1 Å². The van der Waals surface area contributed by atoms with Gasteiger partial charge in [0.2, 0.25) is 5.78 Å². The summed E-state index contributed by atoms with van der Waals surface area (Å²) >= 11 is 0. The highest BCUT2D eigenvalue weighted by atomic mass is 16.6. The maximum Gasteiger partial charge on any atom is 0.326 e. The Labute approximate surface area is 171 Å². The van der Waals surface area contributed by atoms with E-state index in [1.807, 2.05) is 19.1 Å². The summed E-state index contributed by atoms with van der Waals surface area (Å²) in [6, 6.07) is 7.35. The molecule has 0 saturated heterocycles. The fraction of sp³-hybridized carbons (Fsp3) is 0.238. The Kier molecular flexibility index (Phi) is 5.46. The molecule has 0 spiro atoms. The molecule has 0 fully saturated rings. The number of Topliss-reactive ketones (excluding diaryl/α,β-unsaturated/α-hetero) is 1. The number of imide groups is 1. The molecule has 0 bridgehead atoms. The van der Waals surface area contributed by atoms with Crippen LogP contribution in [0.3, 0.4) is 0 Å². The maximum absolute atomic E-state index is 12.5. The summed E-state index contributed by atoms with van der Waals surface area (Å²) in [5, 5.41) is 11.1. The van der Waals surface area contributed by atoms with E-state index in [4.69, 9.17) is 4.74 Å². The van der Waals surface area contributed by atoms with Gasteiger partial charge in [0.05, 0.1) is 10.5 Å². The number of hydrogen-bond acceptors (Lipinski definition) is 7. The number of rotatable bonds is 6. The predicted molar refractivity (Wildman–Crippen MR) is 104 cm³/mol. The second kappa shape index (κ2) is 7.86. The number of ketones is 1. The molecule has 0 radical (unpaired) electrons. The van der Waals surface area contributed by atoms with E-state index in [1.54, 1.807) is 13.8 Å². The van der Waals surface area contributed by atoms with Crippen LogP contribution in [0.2, 0.25) is 0 Å². The highest BCUT2D eigenvalue weighted by molar-refractivity contribution is 6.24. The lowest BCUT2D eigenvalue weighted by Crippen LogP contribution is -2.36. The molecule has 2 aromatic carbocycles. The number of carbonyl (C=O) groups excluding carboxylic acids is 4. The average molecular weight is 410 g/mol. The van der Waals surface area contributed by atoms with Crippen LogP contribution < -0.4 is 0 Å². The van der Waals surface area contributed by atoms with Crippen LogP contribution >= 0.6 is 0 Å². The van der Waals surface area contributed by atoms with Gasteiger partial charge in [-0.3, -0.25) is 34.2 Å². The van der Waals surface area contributed by atoms with Gasteiger partial charge in [0.15, 0.2) is 6.61 Å². The quantitative estimate of drug-likeness (QED) is 0.236. The maximum atomic E-state index is 12.5. The van der Waals surface area contributed by atoms with Crippen molar-refractivity contribution in [1.82, 2.24) is 4.90 Å². The number of ether oxygens (including phenoxy) is 1. The second-order valence-corrected chi connectivity index (χ2v) is 7.01. The van der Waals surface area contributed by atoms with Crippen molar-refractivity contribution >= 4 is 29.3 Å². The molecule has 9 nitrogen and oxygen atoms in total. The zero-order valence-corrected chi connectivity index (χ0v) is 16.6. The van der Waals surface area contributed by atoms with Crippen molar-refractivity contribution < 1.29 is 28.8 Å². The fourth-order valence-corrected chi connectivity index (χ4v) is 3.62. The van der Waals surface area contributed by atoms with Gasteiger partial charge in [0, 0.05) is 11.6 Å². The highest BCUT2D eigenvalue weighted by Gasteiger charge is 2.42. The van der Waals surface area contributed by atoms with Crippen LogP contribution in [0, 0.1) is 30.9 Å². The molecule has 0 aliphatic carbocycles. The molecule has 1 aliphatic rings. The smallest absolute Gasteiger partial charge is 0.326 e. The predicted octanol–water partition coefficient (Wildman–Crippen LogP) is 2.54.